The van der Waals surface area contributed by atoms with E-state index in [1.54, 1.807) is 0 Å². The van der Waals surface area contributed by atoms with Gasteiger partial charge >= 0.3 is 17.9 Å². The summed E-state index contributed by atoms with van der Waals surface area (Å²) in [6.07, 6.45) is 2.15. The largest absolute Gasteiger partial charge is 0.478 e. The van der Waals surface area contributed by atoms with Gasteiger partial charge in [0.1, 0.15) is 6.61 Å². The normalized spacial score (nSPS) is 12.2. The summed E-state index contributed by atoms with van der Waals surface area (Å²) in [5.41, 5.74) is 0.473. The number of carboxylic acids is 1. The maximum atomic E-state index is 11.6. The second kappa shape index (κ2) is 10.4. The quantitative estimate of drug-likeness (QED) is 0.491. The first-order valence-electron chi connectivity index (χ1n) is 7.32. The lowest BCUT2D eigenvalue weighted by molar-refractivity contribution is -0.151. The van der Waals surface area contributed by atoms with E-state index in [0.29, 0.717) is 12.8 Å². The predicted molar refractivity (Wildman–Crippen MR) is 85.7 cm³/mol. The molecule has 0 heterocycles. The van der Waals surface area contributed by atoms with E-state index in [1.165, 1.54) is 19.9 Å². The second-order valence-corrected chi connectivity index (χ2v) is 5.20. The molecule has 0 aromatic carbocycles. The Hall–Kier alpha value is -2.37. The van der Waals surface area contributed by atoms with E-state index in [4.69, 9.17) is 9.47 Å². The lowest BCUT2D eigenvalue weighted by Crippen LogP contribution is -2.25. The average Bonchev–Trinajstić information content (AvgIpc) is 2.47. The summed E-state index contributed by atoms with van der Waals surface area (Å²) in [5.74, 6) is -2.42. The van der Waals surface area contributed by atoms with E-state index in [1.807, 2.05) is 6.92 Å². The molecule has 0 fully saturated rings. The summed E-state index contributed by atoms with van der Waals surface area (Å²) in [5, 5.41) is 9.21. The van der Waals surface area contributed by atoms with Crippen LogP contribution in [0.1, 0.15) is 40.0 Å². The number of aliphatic carboxylic acids is 1. The number of carboxylic acid groups (broad SMARTS) is 1. The molecule has 0 rings (SSSR count). The Bertz CT molecular complexity index is 515. The summed E-state index contributed by atoms with van der Waals surface area (Å²) in [7, 11) is 0. The molecule has 0 saturated carbocycles. The number of ether oxygens (including phenoxy) is 2. The highest BCUT2D eigenvalue weighted by Gasteiger charge is 2.18. The molecule has 1 N–H and O–H groups in total. The fraction of sp³-hybridized carbons (Fsp3) is 0.471. The van der Waals surface area contributed by atoms with Crippen LogP contribution in [0, 0.1) is 0 Å². The number of rotatable bonds is 10. The minimum atomic E-state index is -1.10. The number of carbonyl (C=O) groups excluding carboxylic acids is 2. The Morgan fingerprint density at radius 1 is 1.13 bits per heavy atom. The molecule has 0 aromatic rings. The van der Waals surface area contributed by atoms with Gasteiger partial charge in [-0.05, 0) is 32.8 Å². The lowest BCUT2D eigenvalue weighted by Gasteiger charge is -2.16. The van der Waals surface area contributed by atoms with Crippen molar-refractivity contribution >= 4 is 17.9 Å². The smallest absolute Gasteiger partial charge is 0.333 e. The predicted octanol–water partition coefficient (Wildman–Crippen LogP) is 2.79. The molecule has 0 spiro atoms. The first-order chi connectivity index (χ1) is 10.7. The van der Waals surface area contributed by atoms with Crippen LogP contribution in [-0.4, -0.2) is 35.7 Å². The molecule has 6 nitrogen and oxygen atoms in total. The third-order valence-corrected chi connectivity index (χ3v) is 2.80. The number of hydrogen-bond donors (Lipinski definition) is 1. The minimum absolute atomic E-state index is 0.109. The Morgan fingerprint density at radius 2 is 1.70 bits per heavy atom. The van der Waals surface area contributed by atoms with Gasteiger partial charge in [-0.2, -0.15) is 0 Å². The Morgan fingerprint density at radius 3 is 2.13 bits per heavy atom. The molecular formula is C17H24O6. The lowest BCUT2D eigenvalue weighted by atomic mass is 10.1. The Labute approximate surface area is 136 Å². The van der Waals surface area contributed by atoms with E-state index in [2.05, 4.69) is 13.2 Å². The third-order valence-electron chi connectivity index (χ3n) is 2.80. The fourth-order valence-corrected chi connectivity index (χ4v) is 1.49. The van der Waals surface area contributed by atoms with Crippen LogP contribution < -0.4 is 0 Å². The number of esters is 2. The van der Waals surface area contributed by atoms with E-state index in [0.717, 1.165) is 6.42 Å². The minimum Gasteiger partial charge on any atom is -0.478 e. The molecule has 1 atom stereocenters. The molecule has 0 saturated heterocycles. The van der Waals surface area contributed by atoms with Crippen molar-refractivity contribution in [3.63, 3.8) is 0 Å². The van der Waals surface area contributed by atoms with Gasteiger partial charge in [0.05, 0.1) is 0 Å². The molecule has 0 aliphatic heterocycles. The van der Waals surface area contributed by atoms with E-state index < -0.39 is 24.0 Å². The van der Waals surface area contributed by atoms with Crippen molar-refractivity contribution in [1.82, 2.24) is 0 Å². The zero-order valence-corrected chi connectivity index (χ0v) is 13.9. The number of carbonyl (C=O) groups is 3. The SMILES string of the molecule is C=C(C)C(=O)OCC(C=C(CCCC)C(=O)O)OC(=O)C(=C)C. The monoisotopic (exact) mass is 324 g/mol. The van der Waals surface area contributed by atoms with Crippen molar-refractivity contribution < 1.29 is 29.0 Å². The van der Waals surface area contributed by atoms with Crippen molar-refractivity contribution in [3.8, 4) is 0 Å². The van der Waals surface area contributed by atoms with Gasteiger partial charge < -0.3 is 14.6 Å². The van der Waals surface area contributed by atoms with Gasteiger partial charge in [-0.3, -0.25) is 0 Å². The average molecular weight is 324 g/mol. The first kappa shape index (κ1) is 20.6. The van der Waals surface area contributed by atoms with Crippen molar-refractivity contribution in [1.29, 1.82) is 0 Å². The van der Waals surface area contributed by atoms with Crippen molar-refractivity contribution in [2.24, 2.45) is 0 Å². The first-order valence-corrected chi connectivity index (χ1v) is 7.32. The van der Waals surface area contributed by atoms with E-state index in [-0.39, 0.29) is 23.3 Å². The van der Waals surface area contributed by atoms with Gasteiger partial charge in [-0.1, -0.05) is 26.5 Å². The summed E-state index contributed by atoms with van der Waals surface area (Å²) in [6, 6.07) is 0. The van der Waals surface area contributed by atoms with Crippen LogP contribution in [0.4, 0.5) is 0 Å². The van der Waals surface area contributed by atoms with Crippen LogP contribution in [0.15, 0.2) is 36.0 Å². The molecule has 0 aliphatic carbocycles. The summed E-state index contributed by atoms with van der Waals surface area (Å²) in [6.45, 7) is 11.5. The van der Waals surface area contributed by atoms with Crippen LogP contribution in [-0.2, 0) is 23.9 Å². The molecule has 0 radical (unpaired) electrons. The third kappa shape index (κ3) is 8.60. The van der Waals surface area contributed by atoms with Gasteiger partial charge in [0.15, 0.2) is 6.10 Å². The maximum Gasteiger partial charge on any atom is 0.333 e. The summed E-state index contributed by atoms with van der Waals surface area (Å²) in [4.78, 5) is 34.3. The van der Waals surface area contributed by atoms with Crippen LogP contribution >= 0.6 is 0 Å². The molecule has 0 bridgehead atoms. The molecule has 6 heteroatoms. The fourth-order valence-electron chi connectivity index (χ4n) is 1.49. The van der Waals surface area contributed by atoms with Crippen LogP contribution in [0.2, 0.25) is 0 Å². The van der Waals surface area contributed by atoms with Crippen molar-refractivity contribution in [2.75, 3.05) is 6.61 Å². The molecule has 23 heavy (non-hydrogen) atoms. The van der Waals surface area contributed by atoms with Crippen molar-refractivity contribution in [3.05, 3.63) is 36.0 Å². The zero-order valence-electron chi connectivity index (χ0n) is 13.9. The van der Waals surface area contributed by atoms with Gasteiger partial charge in [0, 0.05) is 16.7 Å². The molecular weight excluding hydrogens is 300 g/mol. The second-order valence-electron chi connectivity index (χ2n) is 5.20. The number of hydrogen-bond acceptors (Lipinski definition) is 5. The molecule has 0 aliphatic rings. The van der Waals surface area contributed by atoms with Gasteiger partial charge in [-0.25, -0.2) is 14.4 Å². The molecule has 128 valence electrons. The highest BCUT2D eigenvalue weighted by Crippen LogP contribution is 2.12. The highest BCUT2D eigenvalue weighted by atomic mass is 16.6. The molecule has 0 aromatic heterocycles. The maximum absolute atomic E-state index is 11.6. The van der Waals surface area contributed by atoms with E-state index >= 15 is 0 Å². The van der Waals surface area contributed by atoms with Gasteiger partial charge in [0.25, 0.3) is 0 Å². The van der Waals surface area contributed by atoms with Crippen LogP contribution in [0.3, 0.4) is 0 Å². The van der Waals surface area contributed by atoms with Gasteiger partial charge in [-0.15, -0.1) is 0 Å². The van der Waals surface area contributed by atoms with Crippen molar-refractivity contribution in [2.45, 2.75) is 46.1 Å². The topological polar surface area (TPSA) is 89.9 Å². The van der Waals surface area contributed by atoms with Crippen LogP contribution in [0.5, 0.6) is 0 Å². The summed E-state index contributed by atoms with van der Waals surface area (Å²) >= 11 is 0. The molecule has 0 amide bonds. The number of unbranched alkanes of at least 4 members (excludes halogenated alkanes) is 1. The van der Waals surface area contributed by atoms with Gasteiger partial charge in [0.2, 0.25) is 0 Å². The standard InChI is InChI=1S/C17H24O6/c1-6-7-8-13(15(18)19)9-14(23-17(21)12(4)5)10-22-16(20)11(2)3/h9,14H,2,4,6-8,10H2,1,3,5H3,(H,18,19). The van der Waals surface area contributed by atoms with E-state index in [9.17, 15) is 19.5 Å². The highest BCUT2D eigenvalue weighted by molar-refractivity contribution is 5.89. The Kier molecular flexibility index (Phi) is 9.30. The Balaban J connectivity index is 5.16. The zero-order chi connectivity index (χ0) is 18.0. The molecule has 1 unspecified atom stereocenters. The summed E-state index contributed by atoms with van der Waals surface area (Å²) < 4.78 is 10.1. The van der Waals surface area contributed by atoms with Crippen LogP contribution in [0.25, 0.3) is 0 Å².